The van der Waals surface area contributed by atoms with E-state index in [0.717, 1.165) is 0 Å². The minimum atomic E-state index is -1.11. The van der Waals surface area contributed by atoms with Crippen LogP contribution in [0.3, 0.4) is 0 Å². The Labute approximate surface area is 253 Å². The Morgan fingerprint density at radius 1 is 1.22 bits per heavy atom. The van der Waals surface area contributed by atoms with E-state index in [2.05, 4.69) is 4.99 Å². The molecule has 2 heterocycles. The van der Waals surface area contributed by atoms with Gasteiger partial charge in [0.05, 0.1) is 45.2 Å². The number of halogens is 1. The second-order valence-corrected chi connectivity index (χ2v) is 11.4. The fraction of sp³-hybridized carbons (Fsp3) is 0.310. The highest BCUT2D eigenvalue weighted by Crippen LogP contribution is 2.35. The molecule has 12 heteroatoms. The van der Waals surface area contributed by atoms with Gasteiger partial charge in [-0.15, -0.1) is 0 Å². The van der Waals surface area contributed by atoms with Crippen molar-refractivity contribution in [1.29, 1.82) is 0 Å². The van der Waals surface area contributed by atoms with Crippen molar-refractivity contribution in [3.05, 3.63) is 82.1 Å². The molecule has 0 saturated carbocycles. The van der Waals surface area contributed by atoms with Gasteiger partial charge in [-0.3, -0.25) is 9.36 Å². The molecule has 0 fully saturated rings. The Hall–Kier alpha value is -3.65. The highest BCUT2D eigenvalue weighted by molar-refractivity contribution is 14.1. The molecular formula is C29H29IN2O8S. The summed E-state index contributed by atoms with van der Waals surface area (Å²) >= 11 is 3.23. The van der Waals surface area contributed by atoms with E-state index >= 15 is 0 Å². The van der Waals surface area contributed by atoms with Gasteiger partial charge in [0.2, 0.25) is 0 Å². The number of hydrogen-bond acceptors (Lipinski definition) is 9. The van der Waals surface area contributed by atoms with Crippen molar-refractivity contribution in [2.75, 3.05) is 20.3 Å². The van der Waals surface area contributed by atoms with Crippen LogP contribution in [0.2, 0.25) is 0 Å². The molecule has 0 unspecified atom stereocenters. The quantitative estimate of drug-likeness (QED) is 0.252. The lowest BCUT2D eigenvalue weighted by Crippen LogP contribution is -2.39. The second kappa shape index (κ2) is 12.9. The molecule has 1 aliphatic heterocycles. The lowest BCUT2D eigenvalue weighted by atomic mass is 9.96. The molecule has 0 saturated heterocycles. The highest BCUT2D eigenvalue weighted by atomic mass is 127. The van der Waals surface area contributed by atoms with Gasteiger partial charge in [-0.25, -0.2) is 14.6 Å². The molecule has 1 aromatic heterocycles. The van der Waals surface area contributed by atoms with Gasteiger partial charge >= 0.3 is 11.9 Å². The number of ether oxygens (including phenoxy) is 4. The van der Waals surface area contributed by atoms with Crippen molar-refractivity contribution >= 4 is 51.9 Å². The van der Waals surface area contributed by atoms with Crippen LogP contribution in [0.5, 0.6) is 17.2 Å². The van der Waals surface area contributed by atoms with E-state index in [0.29, 0.717) is 52.5 Å². The van der Waals surface area contributed by atoms with E-state index in [1.807, 2.05) is 60.7 Å². The van der Waals surface area contributed by atoms with Gasteiger partial charge in [0, 0.05) is 0 Å². The monoisotopic (exact) mass is 692 g/mol. The predicted octanol–water partition coefficient (Wildman–Crippen LogP) is 3.66. The van der Waals surface area contributed by atoms with E-state index in [1.165, 1.54) is 23.0 Å². The average Bonchev–Trinajstić information content (AvgIpc) is 3.21. The maximum Gasteiger partial charge on any atom is 0.341 e. The summed E-state index contributed by atoms with van der Waals surface area (Å²) in [5.74, 6) is -0.337. The third-order valence-corrected chi connectivity index (χ3v) is 7.76. The lowest BCUT2D eigenvalue weighted by molar-refractivity contribution is -0.140. The number of thiazole rings is 1. The fourth-order valence-electron chi connectivity index (χ4n) is 4.36. The van der Waals surface area contributed by atoms with Gasteiger partial charge in [-0.1, -0.05) is 23.5 Å². The molecule has 0 spiro atoms. The Morgan fingerprint density at radius 2 is 1.93 bits per heavy atom. The molecule has 216 valence electrons. The number of hydrogen-bond donors (Lipinski definition) is 1. The number of carbonyl (C=O) groups is 2. The van der Waals surface area contributed by atoms with Crippen molar-refractivity contribution in [2.24, 2.45) is 4.99 Å². The van der Waals surface area contributed by atoms with Gasteiger partial charge in [0.1, 0.15) is 5.75 Å². The van der Waals surface area contributed by atoms with Crippen molar-refractivity contribution in [3.63, 3.8) is 0 Å². The number of fused-ring (bicyclic) bond motifs is 1. The summed E-state index contributed by atoms with van der Waals surface area (Å²) in [6.45, 7) is 6.99. The average molecular weight is 693 g/mol. The summed E-state index contributed by atoms with van der Waals surface area (Å²) in [5.41, 5.74) is 1.80. The van der Waals surface area contributed by atoms with Crippen LogP contribution in [0, 0.1) is 3.57 Å². The van der Waals surface area contributed by atoms with Gasteiger partial charge in [0.25, 0.3) is 5.56 Å². The van der Waals surface area contributed by atoms with E-state index in [-0.39, 0.29) is 18.3 Å². The molecule has 3 aromatic rings. The molecule has 41 heavy (non-hydrogen) atoms. The minimum absolute atomic E-state index is 0.00441. The third-order valence-electron chi connectivity index (χ3n) is 5.97. The van der Waals surface area contributed by atoms with E-state index in [9.17, 15) is 14.4 Å². The molecule has 4 rings (SSSR count). The lowest BCUT2D eigenvalue weighted by Gasteiger charge is -2.25. The van der Waals surface area contributed by atoms with E-state index in [1.54, 1.807) is 32.1 Å². The number of aliphatic carboxylic acids is 1. The van der Waals surface area contributed by atoms with Crippen molar-refractivity contribution < 1.29 is 33.6 Å². The first kappa shape index (κ1) is 30.3. The number of esters is 1. The van der Waals surface area contributed by atoms with Gasteiger partial charge in [0.15, 0.2) is 22.9 Å². The van der Waals surface area contributed by atoms with Crippen LogP contribution < -0.4 is 29.1 Å². The second-order valence-electron chi connectivity index (χ2n) is 9.25. The molecule has 10 nitrogen and oxygen atoms in total. The Bertz CT molecular complexity index is 1690. The predicted molar refractivity (Wildman–Crippen MR) is 161 cm³/mol. The topological polar surface area (TPSA) is 126 Å². The van der Waals surface area contributed by atoms with Gasteiger partial charge in [-0.2, -0.15) is 0 Å². The molecular weight excluding hydrogens is 663 g/mol. The SMILES string of the molecule is CCOC(=O)C1=C(C)N=c2s/c(=C\c3cc(I)c(OCC(=O)O)c(OC)c3)c(=O)n2[C@H]1c1ccc(OC(C)C)cc1. The molecule has 1 atom stereocenters. The summed E-state index contributed by atoms with van der Waals surface area (Å²) in [7, 11) is 1.45. The van der Waals surface area contributed by atoms with Crippen molar-refractivity contribution in [1.82, 2.24) is 4.57 Å². The number of carbonyl (C=O) groups excluding carboxylic acids is 1. The molecule has 2 aromatic carbocycles. The molecule has 0 aliphatic carbocycles. The number of aromatic nitrogens is 1. The number of carboxylic acids is 1. The van der Waals surface area contributed by atoms with Gasteiger partial charge in [-0.05, 0) is 91.8 Å². The first-order valence-corrected chi connectivity index (χ1v) is 14.6. The van der Waals surface area contributed by atoms with Crippen LogP contribution in [0.4, 0.5) is 0 Å². The minimum Gasteiger partial charge on any atom is -0.493 e. The van der Waals surface area contributed by atoms with Crippen LogP contribution >= 0.6 is 33.9 Å². The van der Waals surface area contributed by atoms with E-state index in [4.69, 9.17) is 24.1 Å². The summed E-state index contributed by atoms with van der Waals surface area (Å²) in [6, 6.07) is 9.97. The number of methoxy groups -OCH3 is 1. The van der Waals surface area contributed by atoms with Crippen LogP contribution in [0.25, 0.3) is 6.08 Å². The molecule has 0 amide bonds. The first-order valence-electron chi connectivity index (χ1n) is 12.7. The highest BCUT2D eigenvalue weighted by Gasteiger charge is 2.33. The number of benzene rings is 2. The number of carboxylic acid groups (broad SMARTS) is 1. The van der Waals surface area contributed by atoms with Crippen LogP contribution in [-0.2, 0) is 14.3 Å². The zero-order valence-electron chi connectivity index (χ0n) is 23.1. The summed E-state index contributed by atoms with van der Waals surface area (Å²) in [6.07, 6.45) is 1.70. The summed E-state index contributed by atoms with van der Waals surface area (Å²) in [5, 5.41) is 8.99. The van der Waals surface area contributed by atoms with Crippen LogP contribution in [-0.4, -0.2) is 48.0 Å². The Morgan fingerprint density at radius 3 is 2.54 bits per heavy atom. The van der Waals surface area contributed by atoms with E-state index < -0.39 is 24.6 Å². The number of rotatable bonds is 10. The Balaban J connectivity index is 1.86. The summed E-state index contributed by atoms with van der Waals surface area (Å²) in [4.78, 5) is 43.0. The van der Waals surface area contributed by atoms with Crippen molar-refractivity contribution in [3.8, 4) is 17.2 Å². The van der Waals surface area contributed by atoms with Crippen LogP contribution in [0.15, 0.2) is 57.5 Å². The first-order chi connectivity index (χ1) is 19.5. The zero-order valence-corrected chi connectivity index (χ0v) is 26.1. The largest absolute Gasteiger partial charge is 0.493 e. The fourth-order valence-corrected chi connectivity index (χ4v) is 6.18. The molecule has 1 aliphatic rings. The summed E-state index contributed by atoms with van der Waals surface area (Å²) < 4.78 is 24.5. The maximum atomic E-state index is 13.9. The molecule has 0 bridgehead atoms. The normalized spacial score (nSPS) is 14.9. The molecule has 0 radical (unpaired) electrons. The maximum absolute atomic E-state index is 13.9. The molecule has 1 N–H and O–H groups in total. The zero-order chi connectivity index (χ0) is 29.8. The smallest absolute Gasteiger partial charge is 0.341 e. The Kier molecular flexibility index (Phi) is 9.53. The van der Waals surface area contributed by atoms with Crippen molar-refractivity contribution in [2.45, 2.75) is 39.8 Å². The number of allylic oxidation sites excluding steroid dienone is 1. The third kappa shape index (κ3) is 6.64. The number of nitrogens with zero attached hydrogens (tertiary/aromatic N) is 2. The van der Waals surface area contributed by atoms with Gasteiger partial charge < -0.3 is 24.1 Å². The standard InChI is InChI=1S/C29H29IN2O8S/c1-6-38-28(36)24-16(4)31-29-32(25(24)18-7-9-19(10-8-18)40-15(2)3)27(35)22(41-29)13-17-11-20(30)26(21(12-17)37-5)39-14-23(33)34/h7-13,15,25H,6,14H2,1-5H3,(H,33,34)/b22-13-/t25-/m0/s1. The van der Waals surface area contributed by atoms with Crippen LogP contribution in [0.1, 0.15) is 44.9 Å².